The molecule has 1 aliphatic heterocycles. The molecule has 1 aromatic carbocycles. The first kappa shape index (κ1) is 21.8. The largest absolute Gasteiger partial charge is 0.478 e. The number of carboxylic acid groups (broad SMARTS) is 1. The summed E-state index contributed by atoms with van der Waals surface area (Å²) in [4.78, 5) is 34.7. The summed E-state index contributed by atoms with van der Waals surface area (Å²) >= 11 is 2.96. The van der Waals surface area contributed by atoms with Crippen molar-refractivity contribution in [2.45, 2.75) is 38.3 Å². The van der Waals surface area contributed by atoms with Gasteiger partial charge in [-0.15, -0.1) is 0 Å². The van der Waals surface area contributed by atoms with Crippen LogP contribution >= 0.6 is 15.9 Å². The van der Waals surface area contributed by atoms with E-state index in [9.17, 15) is 33.6 Å². The number of nitro groups is 1. The number of anilines is 1. The Labute approximate surface area is 166 Å². The lowest BCUT2D eigenvalue weighted by atomic mass is 10.1. The average Bonchev–Trinajstić information content (AvgIpc) is 2.81. The summed E-state index contributed by atoms with van der Waals surface area (Å²) in [5, 5.41) is 22.9. The number of carboxylic acids is 1. The van der Waals surface area contributed by atoms with Gasteiger partial charge in [-0.25, -0.2) is 18.4 Å². The van der Waals surface area contributed by atoms with Gasteiger partial charge in [0.05, 0.1) is 23.6 Å². The number of likely N-dealkylation sites (tertiary alicyclic amines) is 1. The zero-order chi connectivity index (χ0) is 21.4. The van der Waals surface area contributed by atoms with E-state index in [-0.39, 0.29) is 4.47 Å². The van der Waals surface area contributed by atoms with Crippen LogP contribution in [0.2, 0.25) is 0 Å². The van der Waals surface area contributed by atoms with Gasteiger partial charge < -0.3 is 15.2 Å². The van der Waals surface area contributed by atoms with Crippen molar-refractivity contribution in [1.82, 2.24) is 4.90 Å². The number of hydrogen-bond donors (Lipinski definition) is 2. The molecular formula is C16H18BrF2N3O6. The third kappa shape index (κ3) is 4.86. The molecule has 0 saturated carbocycles. The molecule has 0 spiro atoms. The van der Waals surface area contributed by atoms with Crippen LogP contribution in [0.1, 0.15) is 31.1 Å². The molecule has 0 unspecified atom stereocenters. The van der Waals surface area contributed by atoms with E-state index in [2.05, 4.69) is 21.2 Å². The Morgan fingerprint density at radius 2 is 2.04 bits per heavy atom. The van der Waals surface area contributed by atoms with E-state index in [0.717, 1.165) is 17.0 Å². The topological polar surface area (TPSA) is 122 Å². The Kier molecular flexibility index (Phi) is 5.83. The minimum atomic E-state index is -3.46. The SMILES string of the molecule is CC(C)(C)OC(=O)N1C[C@H](Nc2c(C(=O)O)cc(Br)cc2[N+](=O)[O-])C(F)(F)C1. The Morgan fingerprint density at radius 3 is 2.54 bits per heavy atom. The fraction of sp³-hybridized carbons (Fsp3) is 0.500. The van der Waals surface area contributed by atoms with Crippen molar-refractivity contribution < 1.29 is 33.1 Å². The van der Waals surface area contributed by atoms with Gasteiger partial charge in [-0.3, -0.25) is 15.0 Å². The number of benzene rings is 1. The van der Waals surface area contributed by atoms with E-state index in [1.165, 1.54) is 0 Å². The zero-order valence-electron chi connectivity index (χ0n) is 15.2. The van der Waals surface area contributed by atoms with E-state index in [4.69, 9.17) is 4.74 Å². The Hall–Kier alpha value is -2.50. The highest BCUT2D eigenvalue weighted by molar-refractivity contribution is 9.10. The molecule has 28 heavy (non-hydrogen) atoms. The number of nitro benzene ring substituents is 1. The van der Waals surface area contributed by atoms with Crippen molar-refractivity contribution in [1.29, 1.82) is 0 Å². The third-order valence-electron chi connectivity index (χ3n) is 3.79. The molecule has 1 saturated heterocycles. The minimum absolute atomic E-state index is 0.107. The standard InChI is InChI=1S/C16H18BrF2N3O6/c1-15(2,3)28-14(25)21-6-11(16(18,19)7-21)20-12-9(13(23)24)4-8(17)5-10(12)22(26)27/h4-5,11,20H,6-7H2,1-3H3,(H,23,24)/t11-/m0/s1. The molecule has 9 nitrogen and oxygen atoms in total. The van der Waals surface area contributed by atoms with E-state index in [1.54, 1.807) is 20.8 Å². The summed E-state index contributed by atoms with van der Waals surface area (Å²) in [6, 6.07) is 0.335. The van der Waals surface area contributed by atoms with E-state index in [1.807, 2.05) is 0 Å². The van der Waals surface area contributed by atoms with Crippen LogP contribution in [-0.2, 0) is 4.74 Å². The summed E-state index contributed by atoms with van der Waals surface area (Å²) in [5.74, 6) is -5.00. The van der Waals surface area contributed by atoms with Crippen molar-refractivity contribution in [3.63, 3.8) is 0 Å². The van der Waals surface area contributed by atoms with E-state index in [0.29, 0.717) is 0 Å². The highest BCUT2D eigenvalue weighted by Crippen LogP contribution is 2.37. The average molecular weight is 466 g/mol. The highest BCUT2D eigenvalue weighted by Gasteiger charge is 2.51. The van der Waals surface area contributed by atoms with Gasteiger partial charge in [0.1, 0.15) is 17.3 Å². The summed E-state index contributed by atoms with van der Waals surface area (Å²) in [6.07, 6.45) is -0.958. The van der Waals surface area contributed by atoms with Crippen LogP contribution in [0, 0.1) is 10.1 Å². The number of carbonyl (C=O) groups excluding carboxylic acids is 1. The quantitative estimate of drug-likeness (QED) is 0.512. The molecule has 154 valence electrons. The molecule has 1 aromatic rings. The lowest BCUT2D eigenvalue weighted by Gasteiger charge is -2.24. The minimum Gasteiger partial charge on any atom is -0.478 e. The molecule has 12 heteroatoms. The number of hydrogen-bond acceptors (Lipinski definition) is 6. The number of nitrogens with zero attached hydrogens (tertiary/aromatic N) is 2. The van der Waals surface area contributed by atoms with Gasteiger partial charge in [0.25, 0.3) is 11.6 Å². The fourth-order valence-corrected chi connectivity index (χ4v) is 3.08. The Balaban J connectivity index is 2.36. The summed E-state index contributed by atoms with van der Waals surface area (Å²) in [6.45, 7) is 3.26. The lowest BCUT2D eigenvalue weighted by Crippen LogP contribution is -2.38. The molecule has 1 amide bonds. The number of aromatic carboxylic acids is 1. The van der Waals surface area contributed by atoms with Crippen LogP contribution in [0.15, 0.2) is 16.6 Å². The summed E-state index contributed by atoms with van der Waals surface area (Å²) < 4.78 is 34.1. The van der Waals surface area contributed by atoms with E-state index < -0.39 is 64.6 Å². The maximum absolute atomic E-state index is 14.4. The predicted octanol–water partition coefficient (Wildman–Crippen LogP) is 3.72. The molecule has 1 fully saturated rings. The van der Waals surface area contributed by atoms with Crippen LogP contribution in [0.5, 0.6) is 0 Å². The molecule has 2 N–H and O–H groups in total. The number of amides is 1. The molecule has 0 bridgehead atoms. The first-order chi connectivity index (χ1) is 12.7. The van der Waals surface area contributed by atoms with Gasteiger partial charge in [0.15, 0.2) is 0 Å². The van der Waals surface area contributed by atoms with Crippen molar-refractivity contribution >= 4 is 39.4 Å². The first-order valence-electron chi connectivity index (χ1n) is 8.05. The second-order valence-electron chi connectivity index (χ2n) is 7.23. The predicted molar refractivity (Wildman–Crippen MR) is 97.9 cm³/mol. The number of alkyl halides is 2. The molecule has 2 rings (SSSR count). The van der Waals surface area contributed by atoms with Crippen LogP contribution in [-0.4, -0.2) is 57.6 Å². The molecular weight excluding hydrogens is 448 g/mol. The Bertz CT molecular complexity index is 792. The van der Waals surface area contributed by atoms with Gasteiger partial charge >= 0.3 is 12.1 Å². The summed E-state index contributed by atoms with van der Waals surface area (Å²) in [7, 11) is 0. The number of halogens is 3. The number of ether oxygens (including phenoxy) is 1. The van der Waals surface area contributed by atoms with Crippen LogP contribution in [0.25, 0.3) is 0 Å². The zero-order valence-corrected chi connectivity index (χ0v) is 16.7. The second kappa shape index (κ2) is 7.49. The van der Waals surface area contributed by atoms with Crippen molar-refractivity contribution in [2.24, 2.45) is 0 Å². The fourth-order valence-electron chi connectivity index (χ4n) is 2.63. The molecule has 0 radical (unpaired) electrons. The first-order valence-corrected chi connectivity index (χ1v) is 8.84. The van der Waals surface area contributed by atoms with Crippen LogP contribution in [0.4, 0.5) is 25.0 Å². The number of nitrogens with one attached hydrogen (secondary N) is 1. The number of carbonyl (C=O) groups is 2. The summed E-state index contributed by atoms with van der Waals surface area (Å²) in [5.41, 5.74) is -2.68. The maximum atomic E-state index is 14.4. The number of rotatable bonds is 4. The van der Waals surface area contributed by atoms with Gasteiger partial charge in [-0.2, -0.15) is 0 Å². The smallest absolute Gasteiger partial charge is 0.410 e. The molecule has 1 atom stereocenters. The monoisotopic (exact) mass is 465 g/mol. The van der Waals surface area contributed by atoms with Crippen molar-refractivity contribution in [3.8, 4) is 0 Å². The molecule has 1 aliphatic rings. The normalized spacial score (nSPS) is 18.6. The van der Waals surface area contributed by atoms with Crippen LogP contribution in [0.3, 0.4) is 0 Å². The van der Waals surface area contributed by atoms with Gasteiger partial charge in [0.2, 0.25) is 0 Å². The van der Waals surface area contributed by atoms with Gasteiger partial charge in [-0.1, -0.05) is 15.9 Å². The lowest BCUT2D eigenvalue weighted by molar-refractivity contribution is -0.384. The van der Waals surface area contributed by atoms with E-state index >= 15 is 0 Å². The molecule has 1 heterocycles. The third-order valence-corrected chi connectivity index (χ3v) is 4.25. The molecule has 0 aliphatic carbocycles. The second-order valence-corrected chi connectivity index (χ2v) is 8.14. The van der Waals surface area contributed by atoms with Gasteiger partial charge in [-0.05, 0) is 26.8 Å². The highest BCUT2D eigenvalue weighted by atomic mass is 79.9. The Morgan fingerprint density at radius 1 is 1.43 bits per heavy atom. The van der Waals surface area contributed by atoms with Crippen molar-refractivity contribution in [3.05, 3.63) is 32.3 Å². The molecule has 0 aromatic heterocycles. The van der Waals surface area contributed by atoms with Gasteiger partial charge in [0, 0.05) is 10.5 Å². The van der Waals surface area contributed by atoms with Crippen molar-refractivity contribution in [2.75, 3.05) is 18.4 Å². The van der Waals surface area contributed by atoms with Crippen LogP contribution < -0.4 is 5.32 Å². The maximum Gasteiger partial charge on any atom is 0.410 e.